The van der Waals surface area contributed by atoms with E-state index in [1.807, 2.05) is 0 Å². The Hall–Kier alpha value is -2.24. The first kappa shape index (κ1) is 10.3. The van der Waals surface area contributed by atoms with E-state index in [0.717, 1.165) is 0 Å². The fraction of sp³-hybridized carbons (Fsp3) is 0.100. The maximum absolute atomic E-state index is 13.1. The number of methoxy groups -OCH3 is 1. The molecule has 6 heteroatoms. The van der Waals surface area contributed by atoms with Gasteiger partial charge in [-0.3, -0.25) is 4.79 Å². The van der Waals surface area contributed by atoms with Crippen LogP contribution in [-0.2, 0) is 0 Å². The second kappa shape index (κ2) is 4.09. The third-order valence-corrected chi connectivity index (χ3v) is 2.03. The average molecular weight is 221 g/mol. The molecule has 82 valence electrons. The molecule has 0 amide bonds. The second-order valence-corrected chi connectivity index (χ2v) is 3.02. The number of nitrogens with zero attached hydrogens (tertiary/aromatic N) is 3. The highest BCUT2D eigenvalue weighted by molar-refractivity contribution is 5.70. The van der Waals surface area contributed by atoms with Crippen LogP contribution in [0.2, 0.25) is 0 Å². The number of benzene rings is 1. The van der Waals surface area contributed by atoms with Crippen molar-refractivity contribution in [3.63, 3.8) is 0 Å². The molecule has 0 N–H and O–H groups in total. The molecular weight excluding hydrogens is 213 g/mol. The third kappa shape index (κ3) is 1.77. The fourth-order valence-corrected chi connectivity index (χ4v) is 1.25. The lowest BCUT2D eigenvalue weighted by molar-refractivity contribution is 0.111. The van der Waals surface area contributed by atoms with E-state index in [1.54, 1.807) is 0 Å². The molecule has 1 aromatic heterocycles. The van der Waals surface area contributed by atoms with Crippen molar-refractivity contribution < 1.29 is 13.9 Å². The molecule has 1 aromatic carbocycles. The predicted molar refractivity (Wildman–Crippen MR) is 53.3 cm³/mol. The van der Waals surface area contributed by atoms with Crippen LogP contribution in [-0.4, -0.2) is 28.4 Å². The lowest BCUT2D eigenvalue weighted by atomic mass is 10.3. The molecule has 16 heavy (non-hydrogen) atoms. The van der Waals surface area contributed by atoms with Gasteiger partial charge >= 0.3 is 0 Å². The van der Waals surface area contributed by atoms with E-state index in [1.165, 1.54) is 36.2 Å². The van der Waals surface area contributed by atoms with Gasteiger partial charge < -0.3 is 4.74 Å². The first-order valence-corrected chi connectivity index (χ1v) is 4.46. The van der Waals surface area contributed by atoms with Crippen molar-refractivity contribution in [2.24, 2.45) is 0 Å². The van der Waals surface area contributed by atoms with E-state index in [-0.39, 0.29) is 11.4 Å². The van der Waals surface area contributed by atoms with Crippen molar-refractivity contribution in [3.8, 4) is 11.4 Å². The zero-order valence-electron chi connectivity index (χ0n) is 8.42. The molecule has 0 bridgehead atoms. The van der Waals surface area contributed by atoms with Crippen LogP contribution in [0.15, 0.2) is 24.4 Å². The average Bonchev–Trinajstić information content (AvgIpc) is 2.78. The minimum Gasteiger partial charge on any atom is -0.494 e. The lowest BCUT2D eigenvalue weighted by Gasteiger charge is -2.04. The maximum Gasteiger partial charge on any atom is 0.171 e. The number of ether oxygens (including phenoxy) is 1. The molecule has 1 heterocycles. The number of carbonyl (C=O) groups is 1. The largest absolute Gasteiger partial charge is 0.494 e. The summed E-state index contributed by atoms with van der Waals surface area (Å²) in [5, 5.41) is 7.32. The number of halogens is 1. The van der Waals surface area contributed by atoms with Crippen LogP contribution in [0.5, 0.6) is 5.75 Å². The Morgan fingerprint density at radius 1 is 1.50 bits per heavy atom. The highest BCUT2D eigenvalue weighted by Gasteiger charge is 2.06. The highest BCUT2D eigenvalue weighted by Crippen LogP contribution is 2.20. The van der Waals surface area contributed by atoms with Gasteiger partial charge in [-0.2, -0.15) is 0 Å². The molecule has 0 fully saturated rings. The quantitative estimate of drug-likeness (QED) is 0.731. The summed E-state index contributed by atoms with van der Waals surface area (Å²) in [6.07, 6.45) is 2.03. The molecular formula is C10H8FN3O2. The van der Waals surface area contributed by atoms with Gasteiger partial charge in [0.25, 0.3) is 0 Å². The standard InChI is InChI=1S/C10H8FN3O2/c1-16-10-4-8(2-3-9(10)11)14-5-7(6-15)12-13-14/h2-6H,1H3. The Bertz CT molecular complexity index is 525. The van der Waals surface area contributed by atoms with E-state index in [0.29, 0.717) is 12.0 Å². The Kier molecular flexibility index (Phi) is 2.63. The van der Waals surface area contributed by atoms with Crippen LogP contribution in [0.3, 0.4) is 0 Å². The van der Waals surface area contributed by atoms with Crippen molar-refractivity contribution in [3.05, 3.63) is 35.9 Å². The van der Waals surface area contributed by atoms with Crippen molar-refractivity contribution in [1.82, 2.24) is 15.0 Å². The van der Waals surface area contributed by atoms with E-state index in [2.05, 4.69) is 10.3 Å². The van der Waals surface area contributed by atoms with Gasteiger partial charge in [-0.05, 0) is 12.1 Å². The predicted octanol–water partition coefficient (Wildman–Crippen LogP) is 1.23. The Morgan fingerprint density at radius 3 is 2.94 bits per heavy atom. The van der Waals surface area contributed by atoms with Crippen LogP contribution in [0, 0.1) is 5.82 Å². The second-order valence-electron chi connectivity index (χ2n) is 3.02. The third-order valence-electron chi connectivity index (χ3n) is 2.03. The summed E-state index contributed by atoms with van der Waals surface area (Å²) in [6.45, 7) is 0. The van der Waals surface area contributed by atoms with E-state index in [9.17, 15) is 9.18 Å². The van der Waals surface area contributed by atoms with Crippen molar-refractivity contribution in [2.75, 3.05) is 7.11 Å². The van der Waals surface area contributed by atoms with Crippen LogP contribution in [0.4, 0.5) is 4.39 Å². The lowest BCUT2D eigenvalue weighted by Crippen LogP contribution is -1.97. The number of carbonyl (C=O) groups excluding carboxylic acids is 1. The topological polar surface area (TPSA) is 57.0 Å². The zero-order chi connectivity index (χ0) is 11.5. The maximum atomic E-state index is 13.1. The number of hydrogen-bond acceptors (Lipinski definition) is 4. The van der Waals surface area contributed by atoms with Gasteiger partial charge in [0.2, 0.25) is 0 Å². The summed E-state index contributed by atoms with van der Waals surface area (Å²) in [6, 6.07) is 4.25. The molecule has 0 aliphatic rings. The number of aromatic nitrogens is 3. The van der Waals surface area contributed by atoms with Gasteiger partial charge in [0.15, 0.2) is 17.9 Å². The van der Waals surface area contributed by atoms with Gasteiger partial charge in [-0.15, -0.1) is 5.10 Å². The van der Waals surface area contributed by atoms with Gasteiger partial charge in [-0.1, -0.05) is 5.21 Å². The fourth-order valence-electron chi connectivity index (χ4n) is 1.25. The van der Waals surface area contributed by atoms with Crippen LogP contribution in [0.1, 0.15) is 10.5 Å². The molecule has 0 aliphatic heterocycles. The van der Waals surface area contributed by atoms with E-state index in [4.69, 9.17) is 4.74 Å². The molecule has 5 nitrogen and oxygen atoms in total. The van der Waals surface area contributed by atoms with Crippen molar-refractivity contribution >= 4 is 6.29 Å². The Balaban J connectivity index is 2.43. The molecule has 0 atom stereocenters. The van der Waals surface area contributed by atoms with Crippen LogP contribution < -0.4 is 4.74 Å². The summed E-state index contributed by atoms with van der Waals surface area (Å²) >= 11 is 0. The van der Waals surface area contributed by atoms with Gasteiger partial charge in [0, 0.05) is 6.07 Å². The normalized spacial score (nSPS) is 10.1. The molecule has 2 aromatic rings. The van der Waals surface area contributed by atoms with Crippen LogP contribution in [0.25, 0.3) is 5.69 Å². The smallest absolute Gasteiger partial charge is 0.171 e. The molecule has 2 rings (SSSR count). The Morgan fingerprint density at radius 2 is 2.31 bits per heavy atom. The first-order valence-electron chi connectivity index (χ1n) is 4.46. The Labute approximate surface area is 90.5 Å². The number of aldehydes is 1. The summed E-state index contributed by atoms with van der Waals surface area (Å²) < 4.78 is 19.3. The molecule has 0 spiro atoms. The van der Waals surface area contributed by atoms with E-state index < -0.39 is 5.82 Å². The van der Waals surface area contributed by atoms with Gasteiger partial charge in [0.1, 0.15) is 5.69 Å². The highest BCUT2D eigenvalue weighted by atomic mass is 19.1. The first-order chi connectivity index (χ1) is 7.74. The van der Waals surface area contributed by atoms with Gasteiger partial charge in [-0.25, -0.2) is 9.07 Å². The summed E-state index contributed by atoms with van der Waals surface area (Å²) in [5.74, 6) is -0.345. The van der Waals surface area contributed by atoms with Crippen molar-refractivity contribution in [2.45, 2.75) is 0 Å². The van der Waals surface area contributed by atoms with Crippen molar-refractivity contribution in [1.29, 1.82) is 0 Å². The summed E-state index contributed by atoms with van der Waals surface area (Å²) in [4.78, 5) is 10.4. The SMILES string of the molecule is COc1cc(-n2cc(C=O)nn2)ccc1F. The molecule has 0 radical (unpaired) electrons. The zero-order valence-corrected chi connectivity index (χ0v) is 8.42. The molecule has 0 saturated heterocycles. The minimum absolute atomic E-state index is 0.112. The molecule has 0 saturated carbocycles. The van der Waals surface area contributed by atoms with Gasteiger partial charge in [0.05, 0.1) is 19.0 Å². The van der Waals surface area contributed by atoms with E-state index >= 15 is 0 Å². The number of hydrogen-bond donors (Lipinski definition) is 0. The number of rotatable bonds is 3. The molecule has 0 aliphatic carbocycles. The monoisotopic (exact) mass is 221 g/mol. The summed E-state index contributed by atoms with van der Waals surface area (Å²) in [7, 11) is 1.38. The minimum atomic E-state index is -0.457. The van der Waals surface area contributed by atoms with Crippen LogP contribution >= 0.6 is 0 Å². The molecule has 0 unspecified atom stereocenters. The summed E-state index contributed by atoms with van der Waals surface area (Å²) in [5.41, 5.74) is 0.780.